The van der Waals surface area contributed by atoms with Gasteiger partial charge in [0.2, 0.25) is 0 Å². The van der Waals surface area contributed by atoms with E-state index < -0.39 is 11.6 Å². The number of aromatic carboxylic acids is 1. The summed E-state index contributed by atoms with van der Waals surface area (Å²) in [6.07, 6.45) is 9.24. The van der Waals surface area contributed by atoms with Gasteiger partial charge in [-0.3, -0.25) is 0 Å². The minimum Gasteiger partial charge on any atom is -0.477 e. The summed E-state index contributed by atoms with van der Waals surface area (Å²) in [7, 11) is 1.97. The molecule has 0 saturated carbocycles. The van der Waals surface area contributed by atoms with Crippen LogP contribution in [0.3, 0.4) is 0 Å². The van der Waals surface area contributed by atoms with Crippen molar-refractivity contribution in [1.82, 2.24) is 0 Å². The second-order valence-corrected chi connectivity index (χ2v) is 6.13. The van der Waals surface area contributed by atoms with Gasteiger partial charge in [-0.2, -0.15) is 0 Å². The lowest BCUT2D eigenvalue weighted by molar-refractivity contribution is 0.0692. The quantitative estimate of drug-likeness (QED) is 0.860. The van der Waals surface area contributed by atoms with E-state index in [0.29, 0.717) is 11.0 Å². The van der Waals surface area contributed by atoms with Crippen LogP contribution >= 0.6 is 0 Å². The van der Waals surface area contributed by atoms with Crippen LogP contribution in [0, 0.1) is 0 Å². The number of fused-ring (bicyclic) bond motifs is 1. The summed E-state index contributed by atoms with van der Waals surface area (Å²) >= 11 is 0. The Morgan fingerprint density at radius 2 is 2.08 bits per heavy atom. The number of carbonyl (C=O) groups is 1. The first-order valence-electron chi connectivity index (χ1n) is 8.00. The molecule has 5 heteroatoms. The Bertz CT molecular complexity index is 979. The van der Waals surface area contributed by atoms with E-state index in [0.717, 1.165) is 18.7 Å². The Balaban J connectivity index is 1.92. The van der Waals surface area contributed by atoms with E-state index in [9.17, 15) is 9.59 Å². The molecule has 1 aromatic heterocycles. The van der Waals surface area contributed by atoms with Crippen LogP contribution in [-0.2, 0) is 0 Å². The van der Waals surface area contributed by atoms with Gasteiger partial charge in [0, 0.05) is 30.7 Å². The fourth-order valence-electron chi connectivity index (χ4n) is 2.79. The molecule has 0 spiro atoms. The van der Waals surface area contributed by atoms with E-state index in [4.69, 9.17) is 9.52 Å². The lowest BCUT2D eigenvalue weighted by atomic mass is 10.1. The number of rotatable bonds is 4. The van der Waals surface area contributed by atoms with E-state index in [1.807, 2.05) is 25.3 Å². The molecule has 0 saturated heterocycles. The summed E-state index contributed by atoms with van der Waals surface area (Å²) in [6, 6.07) is 6.77. The number of carboxylic acids is 1. The van der Waals surface area contributed by atoms with E-state index in [1.54, 1.807) is 12.1 Å². The molecule has 0 atom stereocenters. The molecule has 1 aromatic carbocycles. The molecule has 0 amide bonds. The molecule has 1 heterocycles. The summed E-state index contributed by atoms with van der Waals surface area (Å²) in [5, 5.41) is 9.60. The van der Waals surface area contributed by atoms with Crippen molar-refractivity contribution in [2.75, 3.05) is 18.5 Å². The second kappa shape index (κ2) is 6.81. The fraction of sp³-hybridized carbons (Fsp3) is 0.200. The molecule has 1 aliphatic carbocycles. The van der Waals surface area contributed by atoms with Crippen molar-refractivity contribution in [3.8, 4) is 0 Å². The Morgan fingerprint density at radius 1 is 1.28 bits per heavy atom. The molecule has 0 fully saturated rings. The number of benzene rings is 1. The van der Waals surface area contributed by atoms with Gasteiger partial charge in [-0.1, -0.05) is 29.9 Å². The number of likely N-dealkylation sites (N-methyl/N-ethyl adjacent to an activating group) is 1. The van der Waals surface area contributed by atoms with Crippen LogP contribution in [-0.4, -0.2) is 24.7 Å². The predicted octanol–water partition coefficient (Wildman–Crippen LogP) is 3.76. The normalized spacial score (nSPS) is 14.0. The van der Waals surface area contributed by atoms with Crippen LogP contribution in [0.5, 0.6) is 0 Å². The summed E-state index contributed by atoms with van der Waals surface area (Å²) in [4.78, 5) is 24.9. The van der Waals surface area contributed by atoms with Crippen LogP contribution in [0.1, 0.15) is 23.7 Å². The molecule has 5 nitrogen and oxygen atoms in total. The smallest absolute Gasteiger partial charge is 0.351 e. The van der Waals surface area contributed by atoms with Crippen molar-refractivity contribution in [1.29, 1.82) is 0 Å². The van der Waals surface area contributed by atoms with E-state index in [2.05, 4.69) is 24.0 Å². The lowest BCUT2D eigenvalue weighted by Crippen LogP contribution is -2.20. The zero-order valence-corrected chi connectivity index (χ0v) is 14.2. The van der Waals surface area contributed by atoms with Crippen molar-refractivity contribution in [2.45, 2.75) is 13.3 Å². The number of anilines is 1. The average molecular weight is 337 g/mol. The third kappa shape index (κ3) is 3.55. The zero-order chi connectivity index (χ0) is 18.0. The van der Waals surface area contributed by atoms with Gasteiger partial charge < -0.3 is 14.4 Å². The summed E-state index contributed by atoms with van der Waals surface area (Å²) in [5.74, 6) is -1.28. The molecule has 128 valence electrons. The van der Waals surface area contributed by atoms with Gasteiger partial charge in [-0.05, 0) is 37.1 Å². The summed E-state index contributed by atoms with van der Waals surface area (Å²) in [5.41, 5.74) is 2.64. The third-order valence-electron chi connectivity index (χ3n) is 4.32. The number of nitrogens with zero attached hydrogens (tertiary/aromatic N) is 1. The number of carboxylic acid groups (broad SMARTS) is 1. The predicted molar refractivity (Wildman–Crippen MR) is 98.3 cm³/mol. The monoisotopic (exact) mass is 337 g/mol. The van der Waals surface area contributed by atoms with Gasteiger partial charge in [0.15, 0.2) is 0 Å². The fourth-order valence-corrected chi connectivity index (χ4v) is 2.79. The molecule has 0 radical (unpaired) electrons. The maximum Gasteiger partial charge on any atom is 0.351 e. The van der Waals surface area contributed by atoms with Crippen LogP contribution in [0.4, 0.5) is 5.69 Å². The SMILES string of the molecule is CC1=C(CN(C)c2ccc3cc(C(=O)O)c(=O)oc3c2)C=CC=CC1. The Morgan fingerprint density at radius 3 is 2.84 bits per heavy atom. The summed E-state index contributed by atoms with van der Waals surface area (Å²) < 4.78 is 5.18. The maximum absolute atomic E-state index is 11.8. The molecule has 0 unspecified atom stereocenters. The van der Waals surface area contributed by atoms with Crippen molar-refractivity contribution in [3.05, 3.63) is 75.7 Å². The second-order valence-electron chi connectivity index (χ2n) is 6.13. The highest BCUT2D eigenvalue weighted by molar-refractivity contribution is 5.92. The average Bonchev–Trinajstić information content (AvgIpc) is 2.78. The molecule has 3 rings (SSSR count). The van der Waals surface area contributed by atoms with Gasteiger partial charge >= 0.3 is 11.6 Å². The van der Waals surface area contributed by atoms with E-state index >= 15 is 0 Å². The zero-order valence-electron chi connectivity index (χ0n) is 14.2. The molecule has 25 heavy (non-hydrogen) atoms. The van der Waals surface area contributed by atoms with Gasteiger partial charge in [0.1, 0.15) is 11.1 Å². The standard InChI is InChI=1S/C20H19NO4/c1-13-6-4-3-5-7-15(13)12-21(2)16-9-8-14-10-17(19(22)23)20(24)25-18(14)11-16/h3-5,7-11H,6,12H2,1-2H3,(H,22,23). The Hall–Kier alpha value is -3.08. The Kier molecular flexibility index (Phi) is 4.57. The van der Waals surface area contributed by atoms with Crippen LogP contribution < -0.4 is 10.5 Å². The highest BCUT2D eigenvalue weighted by Gasteiger charge is 2.13. The van der Waals surface area contributed by atoms with E-state index in [-0.39, 0.29) is 5.56 Å². The van der Waals surface area contributed by atoms with Gasteiger partial charge in [0.25, 0.3) is 0 Å². The van der Waals surface area contributed by atoms with Crippen molar-refractivity contribution in [3.63, 3.8) is 0 Å². The van der Waals surface area contributed by atoms with Crippen molar-refractivity contribution >= 4 is 22.6 Å². The summed E-state index contributed by atoms with van der Waals surface area (Å²) in [6.45, 7) is 2.85. The van der Waals surface area contributed by atoms with Gasteiger partial charge in [-0.15, -0.1) is 0 Å². The van der Waals surface area contributed by atoms with Crippen molar-refractivity contribution in [2.24, 2.45) is 0 Å². The molecule has 1 N–H and O–H groups in total. The Labute approximate surface area is 145 Å². The molecule has 1 aliphatic rings. The van der Waals surface area contributed by atoms with Crippen molar-refractivity contribution < 1.29 is 14.3 Å². The van der Waals surface area contributed by atoms with Crippen LogP contribution in [0.2, 0.25) is 0 Å². The highest BCUT2D eigenvalue weighted by atomic mass is 16.4. The number of allylic oxidation sites excluding steroid dienone is 4. The topological polar surface area (TPSA) is 70.8 Å². The first-order valence-corrected chi connectivity index (χ1v) is 8.00. The molecular weight excluding hydrogens is 318 g/mol. The minimum absolute atomic E-state index is 0.356. The first-order chi connectivity index (χ1) is 12.0. The third-order valence-corrected chi connectivity index (χ3v) is 4.32. The lowest BCUT2D eigenvalue weighted by Gasteiger charge is -2.21. The van der Waals surface area contributed by atoms with Crippen LogP contribution in [0.25, 0.3) is 11.0 Å². The van der Waals surface area contributed by atoms with E-state index in [1.165, 1.54) is 17.2 Å². The largest absolute Gasteiger partial charge is 0.477 e. The van der Waals surface area contributed by atoms with Crippen LogP contribution in [0.15, 0.2) is 68.9 Å². The van der Waals surface area contributed by atoms with Gasteiger partial charge in [-0.25, -0.2) is 9.59 Å². The number of hydrogen-bond donors (Lipinski definition) is 1. The minimum atomic E-state index is -1.28. The highest BCUT2D eigenvalue weighted by Crippen LogP contribution is 2.23. The molecular formula is C20H19NO4. The molecule has 0 bridgehead atoms. The maximum atomic E-state index is 11.8. The molecule has 2 aromatic rings. The molecule has 0 aliphatic heterocycles. The van der Waals surface area contributed by atoms with Gasteiger partial charge in [0.05, 0.1) is 0 Å². The number of hydrogen-bond acceptors (Lipinski definition) is 4. The first kappa shape index (κ1) is 16.8.